The molecule has 2 aromatic carbocycles. The van der Waals surface area contributed by atoms with Crippen molar-refractivity contribution in [1.29, 1.82) is 0 Å². The molecule has 0 fully saturated rings. The highest BCUT2D eigenvalue weighted by Crippen LogP contribution is 2.34. The summed E-state index contributed by atoms with van der Waals surface area (Å²) in [4.78, 5) is 0. The largest absolute Gasteiger partial charge is 0.171 e. The quantitative estimate of drug-likeness (QED) is 0.707. The molecular weight excluding hydrogens is 224 g/mol. The van der Waals surface area contributed by atoms with Gasteiger partial charge in [-0.05, 0) is 40.5 Å². The molecule has 2 aromatic rings. The van der Waals surface area contributed by atoms with Crippen LogP contribution in [-0.4, -0.2) is 0 Å². The van der Waals surface area contributed by atoms with Crippen LogP contribution in [0, 0.1) is 0 Å². The van der Waals surface area contributed by atoms with Gasteiger partial charge in [0.05, 0.1) is 0 Å². The highest BCUT2D eigenvalue weighted by atomic mass is 32.1. The Morgan fingerprint density at radius 3 is 2.47 bits per heavy atom. The summed E-state index contributed by atoms with van der Waals surface area (Å²) in [6.45, 7) is 9.87. The van der Waals surface area contributed by atoms with Gasteiger partial charge in [0.25, 0.3) is 0 Å². The molecule has 0 bridgehead atoms. The number of rotatable bonds is 3. The van der Waals surface area contributed by atoms with Gasteiger partial charge < -0.3 is 0 Å². The maximum absolute atomic E-state index is 4.59. The summed E-state index contributed by atoms with van der Waals surface area (Å²) in [6, 6.07) is 10.5. The average molecular weight is 240 g/mol. The highest BCUT2D eigenvalue weighted by Gasteiger charge is 2.12. The molecular formula is C16H16S. The van der Waals surface area contributed by atoms with Gasteiger partial charge >= 0.3 is 0 Å². The van der Waals surface area contributed by atoms with Crippen LogP contribution in [0.4, 0.5) is 0 Å². The topological polar surface area (TPSA) is 0 Å². The van der Waals surface area contributed by atoms with Crippen LogP contribution < -0.4 is 0 Å². The second-order valence-corrected chi connectivity index (χ2v) is 4.87. The van der Waals surface area contributed by atoms with Crippen LogP contribution >= 0.6 is 12.6 Å². The summed E-state index contributed by atoms with van der Waals surface area (Å²) in [7, 11) is 0. The molecule has 0 aliphatic rings. The molecule has 0 N–H and O–H groups in total. The molecule has 0 amide bonds. The van der Waals surface area contributed by atoms with Gasteiger partial charge in [-0.3, -0.25) is 0 Å². The van der Waals surface area contributed by atoms with E-state index in [0.29, 0.717) is 0 Å². The van der Waals surface area contributed by atoms with E-state index in [2.05, 4.69) is 63.0 Å². The Labute approximate surface area is 108 Å². The number of hydrogen-bond donors (Lipinski definition) is 1. The molecule has 0 aliphatic carbocycles. The van der Waals surface area contributed by atoms with Gasteiger partial charge in [-0.25, -0.2) is 0 Å². The Balaban J connectivity index is 2.95. The van der Waals surface area contributed by atoms with Gasteiger partial charge in [-0.15, -0.1) is 0 Å². The summed E-state index contributed by atoms with van der Waals surface area (Å²) < 4.78 is 0. The van der Waals surface area contributed by atoms with Crippen molar-refractivity contribution in [2.75, 3.05) is 0 Å². The zero-order valence-corrected chi connectivity index (χ0v) is 10.9. The van der Waals surface area contributed by atoms with Crippen LogP contribution in [0.25, 0.3) is 22.9 Å². The number of benzene rings is 2. The van der Waals surface area contributed by atoms with Crippen LogP contribution in [0.1, 0.15) is 28.9 Å². The SMILES string of the molecule is C=Cc1cc2ccccc2c([C@H](C)S)c1C=C. The molecule has 0 nitrogen and oxygen atoms in total. The van der Waals surface area contributed by atoms with Gasteiger partial charge in [-0.1, -0.05) is 49.6 Å². The van der Waals surface area contributed by atoms with E-state index in [9.17, 15) is 0 Å². The number of hydrogen-bond acceptors (Lipinski definition) is 1. The fraction of sp³-hybridized carbons (Fsp3) is 0.125. The first kappa shape index (κ1) is 12.0. The lowest BCUT2D eigenvalue weighted by Crippen LogP contribution is -1.95. The first-order chi connectivity index (χ1) is 8.19. The van der Waals surface area contributed by atoms with Crippen molar-refractivity contribution < 1.29 is 0 Å². The average Bonchev–Trinajstić information content (AvgIpc) is 2.35. The molecule has 0 spiro atoms. The van der Waals surface area contributed by atoms with Gasteiger partial charge in [0, 0.05) is 5.25 Å². The summed E-state index contributed by atoms with van der Waals surface area (Å²) in [5, 5.41) is 2.65. The minimum absolute atomic E-state index is 0.174. The Morgan fingerprint density at radius 1 is 1.18 bits per heavy atom. The maximum atomic E-state index is 4.59. The second-order valence-electron chi connectivity index (χ2n) is 4.10. The fourth-order valence-corrected chi connectivity index (χ4v) is 2.54. The van der Waals surface area contributed by atoms with E-state index in [1.54, 1.807) is 0 Å². The zero-order valence-electron chi connectivity index (χ0n) is 9.98. The van der Waals surface area contributed by atoms with Gasteiger partial charge in [-0.2, -0.15) is 12.6 Å². The van der Waals surface area contributed by atoms with Crippen molar-refractivity contribution in [3.05, 3.63) is 60.2 Å². The minimum Gasteiger partial charge on any atom is -0.171 e. The monoisotopic (exact) mass is 240 g/mol. The third kappa shape index (κ3) is 2.03. The van der Waals surface area contributed by atoms with Crippen LogP contribution in [0.5, 0.6) is 0 Å². The Morgan fingerprint density at radius 2 is 1.88 bits per heavy atom. The number of thiol groups is 1. The smallest absolute Gasteiger partial charge is 0.0251 e. The third-order valence-electron chi connectivity index (χ3n) is 3.00. The van der Waals surface area contributed by atoms with E-state index in [4.69, 9.17) is 0 Å². The van der Waals surface area contributed by atoms with E-state index in [1.807, 2.05) is 12.2 Å². The van der Waals surface area contributed by atoms with Crippen LogP contribution in [0.3, 0.4) is 0 Å². The van der Waals surface area contributed by atoms with E-state index in [1.165, 1.54) is 16.3 Å². The first-order valence-electron chi connectivity index (χ1n) is 5.67. The third-order valence-corrected chi connectivity index (χ3v) is 3.26. The Bertz CT molecular complexity index is 579. The van der Waals surface area contributed by atoms with Crippen molar-refractivity contribution in [2.45, 2.75) is 12.2 Å². The highest BCUT2D eigenvalue weighted by molar-refractivity contribution is 7.80. The normalized spacial score (nSPS) is 12.4. The van der Waals surface area contributed by atoms with Crippen LogP contribution in [0.15, 0.2) is 43.5 Å². The Hall–Kier alpha value is -1.47. The molecule has 0 heterocycles. The molecule has 86 valence electrons. The summed E-state index contributed by atoms with van der Waals surface area (Å²) in [5.41, 5.74) is 3.49. The molecule has 0 aliphatic heterocycles. The van der Waals surface area contributed by atoms with Crippen molar-refractivity contribution in [3.8, 4) is 0 Å². The molecule has 0 saturated heterocycles. The molecule has 2 rings (SSSR count). The predicted molar refractivity (Wildman–Crippen MR) is 81.5 cm³/mol. The lowest BCUT2D eigenvalue weighted by Gasteiger charge is -2.16. The van der Waals surface area contributed by atoms with E-state index >= 15 is 0 Å². The molecule has 1 heteroatoms. The van der Waals surface area contributed by atoms with Gasteiger partial charge in [0.15, 0.2) is 0 Å². The molecule has 0 saturated carbocycles. The van der Waals surface area contributed by atoms with Gasteiger partial charge in [0.1, 0.15) is 0 Å². The van der Waals surface area contributed by atoms with Crippen LogP contribution in [-0.2, 0) is 0 Å². The predicted octanol–water partition coefficient (Wildman–Crippen LogP) is 5.12. The molecule has 0 unspecified atom stereocenters. The molecule has 0 aromatic heterocycles. The van der Waals surface area contributed by atoms with Crippen LogP contribution in [0.2, 0.25) is 0 Å². The summed E-state index contributed by atoms with van der Waals surface area (Å²) in [6.07, 6.45) is 3.77. The molecule has 17 heavy (non-hydrogen) atoms. The van der Waals surface area contributed by atoms with E-state index in [0.717, 1.165) is 11.1 Å². The van der Waals surface area contributed by atoms with Gasteiger partial charge in [0.2, 0.25) is 0 Å². The van der Waals surface area contributed by atoms with E-state index in [-0.39, 0.29) is 5.25 Å². The van der Waals surface area contributed by atoms with Crippen molar-refractivity contribution in [3.63, 3.8) is 0 Å². The molecule has 0 radical (unpaired) electrons. The maximum Gasteiger partial charge on any atom is 0.0251 e. The fourth-order valence-electron chi connectivity index (χ4n) is 2.26. The van der Waals surface area contributed by atoms with Crippen molar-refractivity contribution in [1.82, 2.24) is 0 Å². The standard InChI is InChI=1S/C16H16S/c1-4-12-10-13-8-6-7-9-15(13)16(11(3)17)14(12)5-2/h4-11,17H,1-2H2,3H3/t11-/m0/s1. The lowest BCUT2D eigenvalue weighted by atomic mass is 9.92. The van der Waals surface area contributed by atoms with E-state index < -0.39 is 0 Å². The minimum atomic E-state index is 0.174. The Kier molecular flexibility index (Phi) is 3.39. The first-order valence-corrected chi connectivity index (χ1v) is 6.19. The summed E-state index contributed by atoms with van der Waals surface area (Å²) >= 11 is 4.59. The second kappa shape index (κ2) is 4.80. The summed E-state index contributed by atoms with van der Waals surface area (Å²) in [5.74, 6) is 0. The van der Waals surface area contributed by atoms with Crippen molar-refractivity contribution in [2.24, 2.45) is 0 Å². The number of fused-ring (bicyclic) bond motifs is 1. The molecule has 1 atom stereocenters. The zero-order chi connectivity index (χ0) is 12.4. The van der Waals surface area contributed by atoms with Crippen molar-refractivity contribution >= 4 is 35.6 Å². The lowest BCUT2D eigenvalue weighted by molar-refractivity contribution is 1.12.